The van der Waals surface area contributed by atoms with Crippen molar-refractivity contribution in [3.8, 4) is 0 Å². The number of rotatable bonds is 7. The van der Waals surface area contributed by atoms with Gasteiger partial charge in [-0.25, -0.2) is 10.6 Å². The van der Waals surface area contributed by atoms with Gasteiger partial charge in [0.15, 0.2) is 0 Å². The maximum atomic E-state index is 11.7. The quantitative estimate of drug-likeness (QED) is 0.279. The van der Waals surface area contributed by atoms with Crippen molar-refractivity contribution >= 4 is 12.0 Å². The lowest BCUT2D eigenvalue weighted by Gasteiger charge is -2.19. The lowest BCUT2D eigenvalue weighted by Crippen LogP contribution is -2.35. The fourth-order valence-corrected chi connectivity index (χ4v) is 2.21. The fraction of sp³-hybridized carbons (Fsp3) is 0.222. The minimum absolute atomic E-state index is 0.107. The molecule has 8 heteroatoms. The summed E-state index contributed by atoms with van der Waals surface area (Å²) in [6, 6.07) is 15.1. The number of aliphatic hydroxyl groups is 2. The third kappa shape index (κ3) is 5.55. The number of ether oxygens (including phenoxy) is 1. The summed E-state index contributed by atoms with van der Waals surface area (Å²) in [6.07, 6.45) is -3.18. The predicted molar refractivity (Wildman–Crippen MR) is 93.7 cm³/mol. The molecule has 2 atom stereocenters. The van der Waals surface area contributed by atoms with Crippen LogP contribution in [0.3, 0.4) is 0 Å². The molecule has 0 saturated carbocycles. The number of carbonyl (C=O) groups is 2. The van der Waals surface area contributed by atoms with Crippen molar-refractivity contribution in [1.29, 1.82) is 0 Å². The first kappa shape index (κ1) is 19.4. The van der Waals surface area contributed by atoms with E-state index in [4.69, 9.17) is 10.6 Å². The van der Waals surface area contributed by atoms with Crippen LogP contribution in [0.2, 0.25) is 0 Å². The third-order valence-electron chi connectivity index (χ3n) is 3.68. The van der Waals surface area contributed by atoms with E-state index in [1.54, 1.807) is 0 Å². The van der Waals surface area contributed by atoms with Gasteiger partial charge in [-0.2, -0.15) is 0 Å². The molecule has 2 amide bonds. The zero-order valence-corrected chi connectivity index (χ0v) is 14.0. The van der Waals surface area contributed by atoms with Crippen molar-refractivity contribution < 1.29 is 24.5 Å². The number of hydrazine groups is 1. The zero-order chi connectivity index (χ0) is 18.9. The molecule has 0 aromatic heterocycles. The lowest BCUT2D eigenvalue weighted by atomic mass is 10.0. The summed E-state index contributed by atoms with van der Waals surface area (Å²) in [5.74, 6) is 4.58. The summed E-state index contributed by atoms with van der Waals surface area (Å²) in [7, 11) is 0. The number of hydrogen-bond donors (Lipinski definition) is 5. The van der Waals surface area contributed by atoms with E-state index in [1.807, 2.05) is 35.8 Å². The Balaban J connectivity index is 1.80. The first-order chi connectivity index (χ1) is 12.5. The fourth-order valence-electron chi connectivity index (χ4n) is 2.21. The smallest absolute Gasteiger partial charge is 0.407 e. The van der Waals surface area contributed by atoms with Crippen LogP contribution in [-0.4, -0.2) is 34.9 Å². The summed E-state index contributed by atoms with van der Waals surface area (Å²) in [5, 5.41) is 22.5. The Labute approximate surface area is 150 Å². The van der Waals surface area contributed by atoms with Gasteiger partial charge in [0.2, 0.25) is 0 Å². The molecule has 0 aliphatic rings. The highest BCUT2D eigenvalue weighted by molar-refractivity contribution is 5.93. The van der Waals surface area contributed by atoms with E-state index >= 15 is 0 Å². The molecule has 2 unspecified atom stereocenters. The summed E-state index contributed by atoms with van der Waals surface area (Å²) in [6.45, 7) is -0.0875. The Hall–Kier alpha value is -2.94. The van der Waals surface area contributed by atoms with E-state index in [9.17, 15) is 19.8 Å². The number of hydrogen-bond acceptors (Lipinski definition) is 6. The number of carbonyl (C=O) groups excluding carboxylic acids is 2. The van der Waals surface area contributed by atoms with Gasteiger partial charge in [0.05, 0.1) is 0 Å². The average Bonchev–Trinajstić information content (AvgIpc) is 2.70. The summed E-state index contributed by atoms with van der Waals surface area (Å²) in [5.41, 5.74) is 3.55. The number of amides is 2. The summed E-state index contributed by atoms with van der Waals surface area (Å²) < 4.78 is 5.02. The van der Waals surface area contributed by atoms with E-state index in [1.165, 1.54) is 24.3 Å². The Morgan fingerprint density at radius 2 is 1.69 bits per heavy atom. The van der Waals surface area contributed by atoms with E-state index < -0.39 is 24.2 Å². The van der Waals surface area contributed by atoms with E-state index in [-0.39, 0.29) is 13.2 Å². The minimum atomic E-state index is -1.24. The molecule has 0 fully saturated rings. The van der Waals surface area contributed by atoms with Gasteiger partial charge in [-0.15, -0.1) is 0 Å². The Morgan fingerprint density at radius 3 is 2.31 bits per heavy atom. The van der Waals surface area contributed by atoms with Crippen LogP contribution in [-0.2, 0) is 11.3 Å². The van der Waals surface area contributed by atoms with Crippen LogP contribution in [0.5, 0.6) is 0 Å². The number of benzene rings is 2. The number of nitrogens with two attached hydrogens (primary N) is 1. The topological polar surface area (TPSA) is 134 Å². The van der Waals surface area contributed by atoms with Crippen LogP contribution in [0, 0.1) is 0 Å². The summed E-state index contributed by atoms with van der Waals surface area (Å²) in [4.78, 5) is 23.0. The van der Waals surface area contributed by atoms with Crippen molar-refractivity contribution in [1.82, 2.24) is 10.7 Å². The lowest BCUT2D eigenvalue weighted by molar-refractivity contribution is 0.0184. The van der Waals surface area contributed by atoms with Crippen molar-refractivity contribution in [3.05, 3.63) is 71.3 Å². The van der Waals surface area contributed by atoms with E-state index in [2.05, 4.69) is 5.32 Å². The first-order valence-corrected chi connectivity index (χ1v) is 7.93. The molecule has 8 nitrogen and oxygen atoms in total. The molecule has 6 N–H and O–H groups in total. The second-order valence-corrected chi connectivity index (χ2v) is 5.55. The highest BCUT2D eigenvalue weighted by Crippen LogP contribution is 2.17. The molecule has 2 rings (SSSR count). The van der Waals surface area contributed by atoms with Crippen LogP contribution in [0.1, 0.15) is 27.6 Å². The van der Waals surface area contributed by atoms with Gasteiger partial charge < -0.3 is 20.3 Å². The number of aliphatic hydroxyl groups excluding tert-OH is 2. The maximum absolute atomic E-state index is 11.7. The van der Waals surface area contributed by atoms with Crippen LogP contribution >= 0.6 is 0 Å². The van der Waals surface area contributed by atoms with Crippen LogP contribution in [0.4, 0.5) is 4.79 Å². The molecule has 2 aromatic rings. The number of nitrogens with one attached hydrogen (secondary N) is 2. The molecule has 0 radical (unpaired) electrons. The highest BCUT2D eigenvalue weighted by Gasteiger charge is 2.19. The minimum Gasteiger partial charge on any atom is -0.445 e. The van der Waals surface area contributed by atoms with Crippen molar-refractivity contribution in [2.45, 2.75) is 18.8 Å². The monoisotopic (exact) mass is 359 g/mol. The summed E-state index contributed by atoms with van der Waals surface area (Å²) >= 11 is 0. The molecular formula is C18H21N3O5. The maximum Gasteiger partial charge on any atom is 0.407 e. The SMILES string of the molecule is NNC(=O)c1ccc(C(O)C(O)CNC(=O)OCc2ccccc2)cc1. The van der Waals surface area contributed by atoms with Crippen molar-refractivity contribution in [2.24, 2.45) is 5.84 Å². The molecule has 0 aliphatic heterocycles. The van der Waals surface area contributed by atoms with Crippen LogP contribution in [0.25, 0.3) is 0 Å². The van der Waals surface area contributed by atoms with Gasteiger partial charge >= 0.3 is 6.09 Å². The van der Waals surface area contributed by atoms with Gasteiger partial charge in [0.1, 0.15) is 18.8 Å². The number of alkyl carbamates (subject to hydrolysis) is 1. The Bertz CT molecular complexity index is 721. The van der Waals surface area contributed by atoms with Gasteiger partial charge in [0, 0.05) is 12.1 Å². The molecule has 26 heavy (non-hydrogen) atoms. The van der Waals surface area contributed by atoms with Crippen LogP contribution in [0.15, 0.2) is 54.6 Å². The molecule has 0 saturated heterocycles. The van der Waals surface area contributed by atoms with Crippen molar-refractivity contribution in [3.63, 3.8) is 0 Å². The van der Waals surface area contributed by atoms with E-state index in [0.29, 0.717) is 11.1 Å². The van der Waals surface area contributed by atoms with Gasteiger partial charge in [-0.3, -0.25) is 10.2 Å². The highest BCUT2D eigenvalue weighted by atomic mass is 16.5. The van der Waals surface area contributed by atoms with Gasteiger partial charge in [-0.05, 0) is 23.3 Å². The Morgan fingerprint density at radius 1 is 1.04 bits per heavy atom. The normalized spacial score (nSPS) is 12.7. The first-order valence-electron chi connectivity index (χ1n) is 7.93. The second kappa shape index (κ2) is 9.52. The molecule has 2 aromatic carbocycles. The average molecular weight is 359 g/mol. The zero-order valence-electron chi connectivity index (χ0n) is 14.0. The molecule has 138 valence electrons. The van der Waals surface area contributed by atoms with Crippen molar-refractivity contribution in [2.75, 3.05) is 6.54 Å². The standard InChI is InChI=1S/C18H21N3O5/c19-21-17(24)14-8-6-13(7-9-14)16(23)15(22)10-20-18(25)26-11-12-4-2-1-3-5-12/h1-9,15-16,22-23H,10-11,19H2,(H,20,25)(H,21,24). The molecule has 0 aliphatic carbocycles. The Kier molecular flexibility index (Phi) is 7.10. The van der Waals surface area contributed by atoms with Gasteiger partial charge in [-0.1, -0.05) is 42.5 Å². The third-order valence-corrected chi connectivity index (χ3v) is 3.68. The molecule has 0 bridgehead atoms. The largest absolute Gasteiger partial charge is 0.445 e. The molecular weight excluding hydrogens is 338 g/mol. The molecule has 0 spiro atoms. The molecule has 0 heterocycles. The second-order valence-electron chi connectivity index (χ2n) is 5.55. The van der Waals surface area contributed by atoms with E-state index in [0.717, 1.165) is 5.56 Å². The predicted octanol–water partition coefficient (Wildman–Crippen LogP) is 0.611. The number of nitrogen functional groups attached to an aromatic ring is 1. The van der Waals surface area contributed by atoms with Crippen LogP contribution < -0.4 is 16.6 Å². The van der Waals surface area contributed by atoms with Gasteiger partial charge in [0.25, 0.3) is 5.91 Å².